The van der Waals surface area contributed by atoms with Crippen molar-refractivity contribution in [3.05, 3.63) is 34.6 Å². The molecular weight excluding hydrogens is 334 g/mol. The standard InChI is InChI=1S/C16H18F2N4OS/c1-2-3-6-9-21-14(23)11-7-4-5-8-12(11)22-15(21)19-20-16(22)24-10-13(17)18/h4-5,7-8,13H,2-3,6,9-10H2,1H3. The summed E-state index contributed by atoms with van der Waals surface area (Å²) >= 11 is 0.946. The van der Waals surface area contributed by atoms with Crippen molar-refractivity contribution in [3.63, 3.8) is 0 Å². The van der Waals surface area contributed by atoms with Gasteiger partial charge in [-0.15, -0.1) is 10.2 Å². The first kappa shape index (κ1) is 16.9. The van der Waals surface area contributed by atoms with Crippen LogP contribution in [0.25, 0.3) is 16.7 Å². The maximum atomic E-state index is 12.8. The van der Waals surface area contributed by atoms with Gasteiger partial charge >= 0.3 is 0 Å². The highest BCUT2D eigenvalue weighted by Gasteiger charge is 2.17. The van der Waals surface area contributed by atoms with Crippen LogP contribution in [0.3, 0.4) is 0 Å². The fourth-order valence-corrected chi connectivity index (χ4v) is 3.37. The molecule has 0 unspecified atom stereocenters. The highest BCUT2D eigenvalue weighted by molar-refractivity contribution is 7.99. The van der Waals surface area contributed by atoms with E-state index in [4.69, 9.17) is 0 Å². The van der Waals surface area contributed by atoms with Crippen LogP contribution in [0.1, 0.15) is 26.2 Å². The number of nitrogens with zero attached hydrogens (tertiary/aromatic N) is 4. The topological polar surface area (TPSA) is 52.2 Å². The SMILES string of the molecule is CCCCCn1c(=O)c2ccccc2n2c(SCC(F)F)nnc12. The molecule has 0 bridgehead atoms. The predicted octanol–water partition coefficient (Wildman–Crippen LogP) is 3.59. The second kappa shape index (κ2) is 7.29. The van der Waals surface area contributed by atoms with Crippen molar-refractivity contribution in [2.24, 2.45) is 0 Å². The molecule has 0 fully saturated rings. The Morgan fingerprint density at radius 2 is 2.00 bits per heavy atom. The lowest BCUT2D eigenvalue weighted by atomic mass is 10.2. The molecule has 3 rings (SSSR count). The summed E-state index contributed by atoms with van der Waals surface area (Å²) in [6.45, 7) is 2.63. The first-order chi connectivity index (χ1) is 11.6. The Morgan fingerprint density at radius 3 is 2.75 bits per heavy atom. The molecule has 0 atom stereocenters. The molecule has 5 nitrogen and oxygen atoms in total. The van der Waals surface area contributed by atoms with E-state index in [1.807, 2.05) is 6.07 Å². The number of hydrogen-bond donors (Lipinski definition) is 0. The van der Waals surface area contributed by atoms with Gasteiger partial charge in [0.05, 0.1) is 16.7 Å². The van der Waals surface area contributed by atoms with Crippen LogP contribution in [0.15, 0.2) is 34.2 Å². The summed E-state index contributed by atoms with van der Waals surface area (Å²) in [7, 11) is 0. The molecule has 0 radical (unpaired) electrons. The minimum Gasteiger partial charge on any atom is -0.276 e. The average molecular weight is 352 g/mol. The van der Waals surface area contributed by atoms with E-state index in [0.29, 0.717) is 28.4 Å². The molecule has 0 aliphatic heterocycles. The highest BCUT2D eigenvalue weighted by Crippen LogP contribution is 2.23. The van der Waals surface area contributed by atoms with Crippen LogP contribution in [0, 0.1) is 0 Å². The van der Waals surface area contributed by atoms with Crippen LogP contribution < -0.4 is 5.56 Å². The summed E-state index contributed by atoms with van der Waals surface area (Å²) in [5, 5.41) is 9.05. The van der Waals surface area contributed by atoms with Crippen molar-refractivity contribution >= 4 is 28.4 Å². The Morgan fingerprint density at radius 1 is 1.21 bits per heavy atom. The molecule has 2 aromatic heterocycles. The number of halogens is 2. The predicted molar refractivity (Wildman–Crippen MR) is 91.0 cm³/mol. The van der Waals surface area contributed by atoms with Crippen molar-refractivity contribution in [1.29, 1.82) is 0 Å². The van der Waals surface area contributed by atoms with E-state index in [9.17, 15) is 13.6 Å². The van der Waals surface area contributed by atoms with Gasteiger partial charge in [-0.2, -0.15) is 0 Å². The van der Waals surface area contributed by atoms with Crippen molar-refractivity contribution in [3.8, 4) is 0 Å². The number of unbranched alkanes of at least 4 members (excludes halogenated alkanes) is 2. The summed E-state index contributed by atoms with van der Waals surface area (Å²) in [4.78, 5) is 12.8. The van der Waals surface area contributed by atoms with Gasteiger partial charge in [0, 0.05) is 6.54 Å². The third-order valence-corrected chi connectivity index (χ3v) is 4.74. The highest BCUT2D eigenvalue weighted by atomic mass is 32.2. The quantitative estimate of drug-likeness (QED) is 0.482. The van der Waals surface area contributed by atoms with Crippen LogP contribution in [0.5, 0.6) is 0 Å². The van der Waals surface area contributed by atoms with Gasteiger partial charge in [-0.3, -0.25) is 13.8 Å². The Kier molecular flexibility index (Phi) is 5.13. The zero-order valence-electron chi connectivity index (χ0n) is 13.3. The summed E-state index contributed by atoms with van der Waals surface area (Å²) in [6, 6.07) is 7.14. The molecule has 0 N–H and O–H groups in total. The monoisotopic (exact) mass is 352 g/mol. The second-order valence-electron chi connectivity index (χ2n) is 5.50. The molecule has 24 heavy (non-hydrogen) atoms. The number of para-hydroxylation sites is 1. The molecule has 128 valence electrons. The van der Waals surface area contributed by atoms with Gasteiger partial charge in [-0.1, -0.05) is 43.7 Å². The fraction of sp³-hybridized carbons (Fsp3) is 0.438. The average Bonchev–Trinajstić information content (AvgIpc) is 3.00. The zero-order chi connectivity index (χ0) is 17.1. The Hall–Kier alpha value is -1.96. The Bertz CT molecular complexity index is 906. The Balaban J connectivity index is 2.18. The normalized spacial score (nSPS) is 11.8. The van der Waals surface area contributed by atoms with Gasteiger partial charge in [-0.25, -0.2) is 8.78 Å². The number of fused-ring (bicyclic) bond motifs is 3. The van der Waals surface area contributed by atoms with Crippen LogP contribution >= 0.6 is 11.8 Å². The molecule has 0 aliphatic carbocycles. The Labute approximate surface area is 141 Å². The lowest BCUT2D eigenvalue weighted by molar-refractivity contribution is 0.176. The lowest BCUT2D eigenvalue weighted by Gasteiger charge is -2.11. The molecule has 0 aliphatic rings. The smallest absolute Gasteiger partial charge is 0.262 e. The van der Waals surface area contributed by atoms with Gasteiger partial charge in [-0.05, 0) is 18.6 Å². The van der Waals surface area contributed by atoms with Crippen LogP contribution in [-0.4, -0.2) is 31.3 Å². The molecule has 8 heteroatoms. The summed E-state index contributed by atoms with van der Waals surface area (Å²) < 4.78 is 28.4. The molecule has 0 saturated carbocycles. The molecule has 3 aromatic rings. The summed E-state index contributed by atoms with van der Waals surface area (Å²) in [5.41, 5.74) is 0.526. The van der Waals surface area contributed by atoms with E-state index < -0.39 is 6.43 Å². The van der Waals surface area contributed by atoms with Crippen LogP contribution in [0.2, 0.25) is 0 Å². The molecule has 0 saturated heterocycles. The van der Waals surface area contributed by atoms with E-state index in [0.717, 1.165) is 31.0 Å². The minimum absolute atomic E-state index is 0.119. The van der Waals surface area contributed by atoms with Crippen LogP contribution in [0.4, 0.5) is 8.78 Å². The molecule has 0 amide bonds. The van der Waals surface area contributed by atoms with Crippen LogP contribution in [-0.2, 0) is 6.54 Å². The van der Waals surface area contributed by atoms with E-state index in [-0.39, 0.29) is 11.3 Å². The lowest BCUT2D eigenvalue weighted by Crippen LogP contribution is -2.23. The second-order valence-corrected chi connectivity index (χ2v) is 6.49. The van der Waals surface area contributed by atoms with Crippen molar-refractivity contribution in [2.75, 3.05) is 5.75 Å². The number of aromatic nitrogens is 4. The zero-order valence-corrected chi connectivity index (χ0v) is 14.1. The maximum Gasteiger partial charge on any atom is 0.262 e. The fourth-order valence-electron chi connectivity index (χ4n) is 2.69. The minimum atomic E-state index is -2.43. The van der Waals surface area contributed by atoms with Gasteiger partial charge in [0.25, 0.3) is 5.56 Å². The first-order valence-electron chi connectivity index (χ1n) is 7.91. The van der Waals surface area contributed by atoms with E-state index in [2.05, 4.69) is 17.1 Å². The largest absolute Gasteiger partial charge is 0.276 e. The van der Waals surface area contributed by atoms with Crippen molar-refractivity contribution in [2.45, 2.75) is 44.3 Å². The first-order valence-corrected chi connectivity index (χ1v) is 8.89. The molecule has 0 spiro atoms. The molecular formula is C16H18F2N4OS. The number of rotatable bonds is 7. The van der Waals surface area contributed by atoms with Crippen molar-refractivity contribution in [1.82, 2.24) is 19.2 Å². The third-order valence-electron chi connectivity index (χ3n) is 3.80. The summed E-state index contributed by atoms with van der Waals surface area (Å²) in [6.07, 6.45) is 0.480. The van der Waals surface area contributed by atoms with Crippen molar-refractivity contribution < 1.29 is 8.78 Å². The number of aryl methyl sites for hydroxylation is 1. The summed E-state index contributed by atoms with van der Waals surface area (Å²) in [5.74, 6) is 0.0518. The molecule has 2 heterocycles. The number of hydrogen-bond acceptors (Lipinski definition) is 4. The third kappa shape index (κ3) is 3.15. The van der Waals surface area contributed by atoms with E-state index in [1.165, 1.54) is 0 Å². The number of thioether (sulfide) groups is 1. The van der Waals surface area contributed by atoms with E-state index >= 15 is 0 Å². The number of alkyl halides is 2. The van der Waals surface area contributed by atoms with Gasteiger partial charge < -0.3 is 0 Å². The van der Waals surface area contributed by atoms with Gasteiger partial charge in [0.1, 0.15) is 0 Å². The van der Waals surface area contributed by atoms with Gasteiger partial charge in [0.15, 0.2) is 5.16 Å². The molecule has 1 aromatic carbocycles. The van der Waals surface area contributed by atoms with E-state index in [1.54, 1.807) is 27.2 Å². The maximum absolute atomic E-state index is 12.8. The van der Waals surface area contributed by atoms with Gasteiger partial charge in [0.2, 0.25) is 12.2 Å². The number of benzene rings is 1.